The lowest BCUT2D eigenvalue weighted by Gasteiger charge is -2.25. The van der Waals surface area contributed by atoms with Gasteiger partial charge in [-0.05, 0) is 19.8 Å². The highest BCUT2D eigenvalue weighted by Gasteiger charge is 2.06. The molecule has 0 aromatic rings. The van der Waals surface area contributed by atoms with Gasteiger partial charge in [-0.3, -0.25) is 5.41 Å². The standard InChI is InChI=1S/C9H18N2/c1-9(10)11-7-5-3-2-4-6-8-11/h10H,2-8H2,1H3. The maximum absolute atomic E-state index is 7.48. The molecule has 1 heterocycles. The van der Waals surface area contributed by atoms with Crippen molar-refractivity contribution in [1.29, 1.82) is 5.41 Å². The zero-order chi connectivity index (χ0) is 8.10. The number of nitrogens with zero attached hydrogens (tertiary/aromatic N) is 1. The molecule has 1 saturated heterocycles. The van der Waals surface area contributed by atoms with Crippen molar-refractivity contribution in [3.63, 3.8) is 0 Å². The molecule has 0 spiro atoms. The highest BCUT2D eigenvalue weighted by atomic mass is 15.2. The lowest BCUT2D eigenvalue weighted by Crippen LogP contribution is -2.31. The first-order chi connectivity index (χ1) is 5.30. The number of nitrogens with one attached hydrogen (secondary N) is 1. The minimum atomic E-state index is 0.743. The largest absolute Gasteiger partial charge is 0.361 e. The van der Waals surface area contributed by atoms with Crippen LogP contribution in [0, 0.1) is 5.41 Å². The van der Waals surface area contributed by atoms with Gasteiger partial charge in [0, 0.05) is 13.1 Å². The van der Waals surface area contributed by atoms with Crippen LogP contribution in [0.15, 0.2) is 0 Å². The molecule has 0 atom stereocenters. The molecule has 0 radical (unpaired) electrons. The van der Waals surface area contributed by atoms with Gasteiger partial charge < -0.3 is 4.90 Å². The molecular formula is C9H18N2. The van der Waals surface area contributed by atoms with Gasteiger partial charge >= 0.3 is 0 Å². The van der Waals surface area contributed by atoms with E-state index in [1.54, 1.807) is 0 Å². The van der Waals surface area contributed by atoms with Crippen molar-refractivity contribution in [1.82, 2.24) is 4.90 Å². The summed E-state index contributed by atoms with van der Waals surface area (Å²) in [5, 5.41) is 7.48. The summed E-state index contributed by atoms with van der Waals surface area (Å²) in [6.45, 7) is 4.10. The minimum Gasteiger partial charge on any atom is -0.361 e. The normalized spacial score (nSPS) is 20.6. The topological polar surface area (TPSA) is 27.1 Å². The maximum Gasteiger partial charge on any atom is 0.0925 e. The van der Waals surface area contributed by atoms with E-state index >= 15 is 0 Å². The molecular weight excluding hydrogens is 136 g/mol. The fourth-order valence-corrected chi connectivity index (χ4v) is 1.58. The Hall–Kier alpha value is -0.530. The van der Waals surface area contributed by atoms with E-state index in [1.807, 2.05) is 6.92 Å². The zero-order valence-corrected chi connectivity index (χ0v) is 7.40. The highest BCUT2D eigenvalue weighted by molar-refractivity contribution is 5.76. The van der Waals surface area contributed by atoms with Gasteiger partial charge in [-0.15, -0.1) is 0 Å². The molecule has 2 nitrogen and oxygen atoms in total. The fraction of sp³-hybridized carbons (Fsp3) is 0.889. The summed E-state index contributed by atoms with van der Waals surface area (Å²) < 4.78 is 0. The van der Waals surface area contributed by atoms with E-state index in [4.69, 9.17) is 5.41 Å². The fourth-order valence-electron chi connectivity index (χ4n) is 1.58. The molecule has 2 heteroatoms. The second-order valence-electron chi connectivity index (χ2n) is 3.34. The summed E-state index contributed by atoms with van der Waals surface area (Å²) in [5.74, 6) is 0.743. The van der Waals surface area contributed by atoms with Gasteiger partial charge in [-0.1, -0.05) is 19.3 Å². The third-order valence-electron chi connectivity index (χ3n) is 2.33. The van der Waals surface area contributed by atoms with E-state index in [1.165, 1.54) is 32.1 Å². The number of hydrogen-bond acceptors (Lipinski definition) is 1. The van der Waals surface area contributed by atoms with E-state index in [-0.39, 0.29) is 0 Å². The molecule has 1 N–H and O–H groups in total. The number of likely N-dealkylation sites (tertiary alicyclic amines) is 1. The summed E-state index contributed by atoms with van der Waals surface area (Å²) in [7, 11) is 0. The van der Waals surface area contributed by atoms with Gasteiger partial charge in [0.05, 0.1) is 5.84 Å². The molecule has 1 rings (SSSR count). The molecule has 0 bridgehead atoms. The van der Waals surface area contributed by atoms with Gasteiger partial charge in [-0.25, -0.2) is 0 Å². The van der Waals surface area contributed by atoms with Gasteiger partial charge in [0.25, 0.3) is 0 Å². The lowest BCUT2D eigenvalue weighted by atomic mass is 10.1. The Morgan fingerprint density at radius 3 is 1.91 bits per heavy atom. The first-order valence-corrected chi connectivity index (χ1v) is 4.61. The van der Waals surface area contributed by atoms with Crippen molar-refractivity contribution in [2.24, 2.45) is 0 Å². The molecule has 0 aromatic carbocycles. The molecule has 1 fully saturated rings. The van der Waals surface area contributed by atoms with Crippen molar-refractivity contribution in [2.75, 3.05) is 13.1 Å². The summed E-state index contributed by atoms with van der Waals surface area (Å²) in [6, 6.07) is 0. The van der Waals surface area contributed by atoms with Crippen LogP contribution in [0.25, 0.3) is 0 Å². The number of hydrogen-bond donors (Lipinski definition) is 1. The molecule has 11 heavy (non-hydrogen) atoms. The molecule has 64 valence electrons. The van der Waals surface area contributed by atoms with Crippen LogP contribution in [0.3, 0.4) is 0 Å². The summed E-state index contributed by atoms with van der Waals surface area (Å²) in [6.07, 6.45) is 6.64. The van der Waals surface area contributed by atoms with Crippen molar-refractivity contribution in [3.8, 4) is 0 Å². The predicted octanol–water partition coefficient (Wildman–Crippen LogP) is 2.25. The minimum absolute atomic E-state index is 0.743. The van der Waals surface area contributed by atoms with Crippen LogP contribution in [0.4, 0.5) is 0 Å². The van der Waals surface area contributed by atoms with Gasteiger partial charge in [0.15, 0.2) is 0 Å². The number of rotatable bonds is 0. The third-order valence-corrected chi connectivity index (χ3v) is 2.33. The quantitative estimate of drug-likeness (QED) is 0.420. The lowest BCUT2D eigenvalue weighted by molar-refractivity contribution is 0.358. The van der Waals surface area contributed by atoms with Crippen LogP contribution in [0.1, 0.15) is 39.0 Å². The zero-order valence-electron chi connectivity index (χ0n) is 7.40. The van der Waals surface area contributed by atoms with E-state index in [0.717, 1.165) is 18.9 Å². The van der Waals surface area contributed by atoms with Crippen molar-refractivity contribution >= 4 is 5.84 Å². The Balaban J connectivity index is 2.32. The van der Waals surface area contributed by atoms with Gasteiger partial charge in [0.2, 0.25) is 0 Å². The van der Waals surface area contributed by atoms with Gasteiger partial charge in [0.1, 0.15) is 0 Å². The van der Waals surface area contributed by atoms with Crippen LogP contribution in [0.5, 0.6) is 0 Å². The van der Waals surface area contributed by atoms with E-state index in [2.05, 4.69) is 4.90 Å². The van der Waals surface area contributed by atoms with Crippen molar-refractivity contribution in [3.05, 3.63) is 0 Å². The van der Waals surface area contributed by atoms with E-state index in [9.17, 15) is 0 Å². The molecule has 1 aliphatic rings. The second-order valence-corrected chi connectivity index (χ2v) is 3.34. The Morgan fingerprint density at radius 1 is 1.00 bits per heavy atom. The van der Waals surface area contributed by atoms with Gasteiger partial charge in [-0.2, -0.15) is 0 Å². The van der Waals surface area contributed by atoms with Crippen molar-refractivity contribution in [2.45, 2.75) is 39.0 Å². The van der Waals surface area contributed by atoms with Crippen LogP contribution < -0.4 is 0 Å². The first-order valence-electron chi connectivity index (χ1n) is 4.61. The maximum atomic E-state index is 7.48. The van der Waals surface area contributed by atoms with Crippen LogP contribution >= 0.6 is 0 Å². The van der Waals surface area contributed by atoms with Crippen LogP contribution in [-0.4, -0.2) is 23.8 Å². The van der Waals surface area contributed by atoms with Crippen LogP contribution in [-0.2, 0) is 0 Å². The van der Waals surface area contributed by atoms with Crippen LogP contribution in [0.2, 0.25) is 0 Å². The Kier molecular flexibility index (Phi) is 3.40. The molecule has 0 saturated carbocycles. The second kappa shape index (κ2) is 4.37. The number of amidine groups is 1. The predicted molar refractivity (Wildman–Crippen MR) is 48.1 cm³/mol. The van der Waals surface area contributed by atoms with E-state index in [0.29, 0.717) is 0 Å². The monoisotopic (exact) mass is 154 g/mol. The SMILES string of the molecule is CC(=N)N1CCCCCCC1. The Morgan fingerprint density at radius 2 is 1.45 bits per heavy atom. The Labute approximate surface area is 69.1 Å². The average Bonchev–Trinajstić information content (AvgIpc) is 1.84. The first kappa shape index (κ1) is 8.57. The summed E-state index contributed by atoms with van der Waals surface area (Å²) in [5.41, 5.74) is 0. The Bertz CT molecular complexity index is 124. The smallest absolute Gasteiger partial charge is 0.0925 e. The molecule has 0 unspecified atom stereocenters. The molecule has 0 aromatic heterocycles. The molecule has 0 aliphatic carbocycles. The highest BCUT2D eigenvalue weighted by Crippen LogP contribution is 2.10. The summed E-state index contributed by atoms with van der Waals surface area (Å²) in [4.78, 5) is 2.19. The molecule has 0 amide bonds. The van der Waals surface area contributed by atoms with E-state index < -0.39 is 0 Å². The average molecular weight is 154 g/mol. The van der Waals surface area contributed by atoms with Crippen molar-refractivity contribution < 1.29 is 0 Å². The third kappa shape index (κ3) is 2.91. The molecule has 1 aliphatic heterocycles. The summed E-state index contributed by atoms with van der Waals surface area (Å²) >= 11 is 0.